The third-order valence-electron chi connectivity index (χ3n) is 10.5. The lowest BCUT2D eigenvalue weighted by atomic mass is 9.94. The second kappa shape index (κ2) is 14.6. The maximum atomic E-state index is 17.2. The van der Waals surface area contributed by atoms with E-state index in [4.69, 9.17) is 10.5 Å². The molecule has 7 rings (SSSR count). The molecule has 3 aliphatic rings. The third-order valence-corrected chi connectivity index (χ3v) is 12.1. The highest BCUT2D eigenvalue weighted by Gasteiger charge is 2.60. The summed E-state index contributed by atoms with van der Waals surface area (Å²) in [5.74, 6) is -8.63. The minimum atomic E-state index is -5.82. The van der Waals surface area contributed by atoms with E-state index in [2.05, 4.69) is 4.84 Å². The van der Waals surface area contributed by atoms with Gasteiger partial charge in [-0.05, 0) is 102 Å². The molecule has 286 valence electrons. The van der Waals surface area contributed by atoms with Crippen molar-refractivity contribution in [1.29, 1.82) is 0 Å². The van der Waals surface area contributed by atoms with E-state index in [9.17, 15) is 31.2 Å². The van der Waals surface area contributed by atoms with Crippen LogP contribution in [0.4, 0.5) is 22.0 Å². The van der Waals surface area contributed by atoms with Crippen molar-refractivity contribution >= 4 is 32.7 Å². The normalized spacial score (nSPS) is 21.4. The predicted octanol–water partition coefficient (Wildman–Crippen LogP) is 7.48. The van der Waals surface area contributed by atoms with Gasteiger partial charge >= 0.3 is 18.1 Å². The monoisotopic (exact) mass is 771 g/mol. The molecular formula is C39H38F5N3O6S. The highest BCUT2D eigenvalue weighted by molar-refractivity contribution is 7.89. The molecule has 0 aromatic heterocycles. The van der Waals surface area contributed by atoms with Gasteiger partial charge in [-0.15, -0.1) is 0 Å². The van der Waals surface area contributed by atoms with E-state index in [0.717, 1.165) is 54.8 Å². The fraction of sp³-hybridized carbons (Fsp3) is 0.385. The van der Waals surface area contributed by atoms with Gasteiger partial charge in [-0.25, -0.2) is 13.2 Å². The van der Waals surface area contributed by atoms with Gasteiger partial charge in [0, 0.05) is 23.7 Å². The fourth-order valence-corrected chi connectivity index (χ4v) is 9.27. The lowest BCUT2D eigenvalue weighted by molar-refractivity contribution is -0.240. The molecule has 4 aromatic carbocycles. The number of alkyl halides is 5. The summed E-state index contributed by atoms with van der Waals surface area (Å²) in [6.07, 6.45) is -0.825. The first kappa shape index (κ1) is 37.7. The third kappa shape index (κ3) is 7.40. The minimum absolute atomic E-state index is 0.0236. The lowest BCUT2D eigenvalue weighted by Gasteiger charge is -2.42. The number of carbonyl (C=O) groups excluding carboxylic acids is 2. The second-order valence-electron chi connectivity index (χ2n) is 14.2. The molecule has 2 aliphatic heterocycles. The number of nitrogens with two attached hydrogens (primary N) is 1. The minimum Gasteiger partial charge on any atom is -0.490 e. The zero-order valence-electron chi connectivity index (χ0n) is 28.9. The largest absolute Gasteiger partial charge is 0.492 e. The Hall–Kier alpha value is -4.60. The molecule has 1 amide bonds. The number of rotatable bonds is 10. The fourth-order valence-electron chi connectivity index (χ4n) is 7.88. The highest BCUT2D eigenvalue weighted by atomic mass is 32.2. The van der Waals surface area contributed by atoms with Crippen molar-refractivity contribution in [2.45, 2.75) is 98.6 Å². The van der Waals surface area contributed by atoms with Crippen LogP contribution in [0.1, 0.15) is 56.9 Å². The van der Waals surface area contributed by atoms with Crippen LogP contribution < -0.4 is 10.5 Å². The van der Waals surface area contributed by atoms with E-state index >= 15 is 8.78 Å². The number of hydroxylamine groups is 1. The van der Waals surface area contributed by atoms with Crippen molar-refractivity contribution in [2.75, 3.05) is 0 Å². The van der Waals surface area contributed by atoms with Crippen LogP contribution in [0.3, 0.4) is 0 Å². The zero-order valence-corrected chi connectivity index (χ0v) is 29.7. The molecule has 4 aromatic rings. The molecule has 0 spiro atoms. The summed E-state index contributed by atoms with van der Waals surface area (Å²) in [4.78, 5) is 31.7. The quantitative estimate of drug-likeness (QED) is 0.131. The number of hydrogen-bond donors (Lipinski definition) is 1. The Bertz CT molecular complexity index is 2110. The van der Waals surface area contributed by atoms with Gasteiger partial charge in [-0.3, -0.25) is 4.79 Å². The molecule has 1 saturated carbocycles. The van der Waals surface area contributed by atoms with E-state index < -0.39 is 67.1 Å². The number of sulfonamides is 1. The van der Waals surface area contributed by atoms with Crippen LogP contribution >= 0.6 is 0 Å². The molecule has 1 aliphatic carbocycles. The summed E-state index contributed by atoms with van der Waals surface area (Å²) in [6.45, 7) is 0. The standard InChI is InChI=1S/C39H38F5N3O6S/c40-38(41,28-14-10-25(11-15-28)24-6-2-1-3-7-24)35(36(48)46-30-16-17-31(46)23-29(45)22-30)47(53-37(49)39(42,43)44)54(50,51)34-19-13-26-20-33(18-12-27(26)21-34)52-32-8-4-5-9-32/h1-3,6-7,10-15,18-21,29-32,35H,4-5,8-9,16-17,22-23,45H2/t29?,30?,31?,35-/m0/s1. The van der Waals surface area contributed by atoms with Crippen molar-refractivity contribution in [2.24, 2.45) is 5.73 Å². The molecule has 0 radical (unpaired) electrons. The number of benzene rings is 4. The molecule has 15 heteroatoms. The molecule has 9 nitrogen and oxygen atoms in total. The van der Waals surface area contributed by atoms with Crippen LogP contribution in [0.25, 0.3) is 21.9 Å². The van der Waals surface area contributed by atoms with Gasteiger partial charge in [0.2, 0.25) is 6.04 Å². The van der Waals surface area contributed by atoms with Crippen LogP contribution in [0, 0.1) is 0 Å². The van der Waals surface area contributed by atoms with Gasteiger partial charge in [-0.1, -0.05) is 66.7 Å². The number of hydrogen-bond acceptors (Lipinski definition) is 7. The SMILES string of the molecule is NC1CC2CCC(C1)N2C(=O)[C@H](N(OC(=O)C(F)(F)F)S(=O)(=O)c1ccc2cc(OC3CCCC3)ccc2c1)C(F)(F)c1ccc(-c2ccccc2)cc1. The van der Waals surface area contributed by atoms with Crippen LogP contribution in [0.5, 0.6) is 5.75 Å². The second-order valence-corrected chi connectivity index (χ2v) is 15.9. The average Bonchev–Trinajstić information content (AvgIpc) is 3.76. The molecule has 54 heavy (non-hydrogen) atoms. The molecule has 2 N–H and O–H groups in total. The van der Waals surface area contributed by atoms with Gasteiger partial charge in [0.05, 0.1) is 11.0 Å². The van der Waals surface area contributed by atoms with E-state index in [1.165, 1.54) is 24.3 Å². The first-order valence-corrected chi connectivity index (χ1v) is 19.2. The van der Waals surface area contributed by atoms with Gasteiger partial charge in [0.25, 0.3) is 15.9 Å². The van der Waals surface area contributed by atoms with Crippen LogP contribution in [0.15, 0.2) is 95.9 Å². The highest BCUT2D eigenvalue weighted by Crippen LogP contribution is 2.43. The Labute approximate surface area is 308 Å². The summed E-state index contributed by atoms with van der Waals surface area (Å²) in [6, 6.07) is 16.4. The number of nitrogens with zero attached hydrogens (tertiary/aromatic N) is 2. The van der Waals surface area contributed by atoms with Gasteiger partial charge in [-0.2, -0.15) is 22.0 Å². The lowest BCUT2D eigenvalue weighted by Crippen LogP contribution is -2.62. The molecule has 3 fully saturated rings. The number of carbonyl (C=O) groups is 2. The Morgan fingerprint density at radius 2 is 1.37 bits per heavy atom. The summed E-state index contributed by atoms with van der Waals surface area (Å²) in [5, 5.41) is 0.757. The summed E-state index contributed by atoms with van der Waals surface area (Å²) in [5.41, 5.74) is 6.43. The summed E-state index contributed by atoms with van der Waals surface area (Å²) < 4.78 is 110. The van der Waals surface area contributed by atoms with Crippen molar-refractivity contribution in [1.82, 2.24) is 9.37 Å². The van der Waals surface area contributed by atoms with Gasteiger partial charge in [0.15, 0.2) is 0 Å². The van der Waals surface area contributed by atoms with Crippen molar-refractivity contribution in [3.63, 3.8) is 0 Å². The van der Waals surface area contributed by atoms with Crippen LogP contribution in [0.2, 0.25) is 0 Å². The van der Waals surface area contributed by atoms with Gasteiger partial charge in [0.1, 0.15) is 5.75 Å². The first-order valence-electron chi connectivity index (χ1n) is 17.8. The van der Waals surface area contributed by atoms with Crippen molar-refractivity contribution < 1.29 is 49.5 Å². The average molecular weight is 772 g/mol. The van der Waals surface area contributed by atoms with E-state index in [-0.39, 0.29) is 30.4 Å². The summed E-state index contributed by atoms with van der Waals surface area (Å²) >= 11 is 0. The smallest absolute Gasteiger partial charge is 0.490 e. The Balaban J connectivity index is 1.33. The van der Waals surface area contributed by atoms with Gasteiger partial charge < -0.3 is 20.2 Å². The maximum Gasteiger partial charge on any atom is 0.492 e. The number of ether oxygens (including phenoxy) is 1. The summed E-state index contributed by atoms with van der Waals surface area (Å²) in [7, 11) is -5.62. The molecule has 2 unspecified atom stereocenters. The van der Waals surface area contributed by atoms with Crippen LogP contribution in [-0.2, 0) is 30.4 Å². The number of piperidine rings is 1. The Morgan fingerprint density at radius 1 is 0.778 bits per heavy atom. The van der Waals surface area contributed by atoms with Crippen molar-refractivity contribution in [3.8, 4) is 16.9 Å². The zero-order chi connectivity index (χ0) is 38.4. The number of amides is 1. The maximum absolute atomic E-state index is 17.2. The van der Waals surface area contributed by atoms with Crippen LogP contribution in [-0.4, -0.2) is 66.1 Å². The molecular weight excluding hydrogens is 734 g/mol. The van der Waals surface area contributed by atoms with E-state index in [1.807, 2.05) is 0 Å². The molecule has 2 heterocycles. The Kier molecular flexibility index (Phi) is 10.2. The van der Waals surface area contributed by atoms with Crippen molar-refractivity contribution in [3.05, 3.63) is 96.6 Å². The van der Waals surface area contributed by atoms with E-state index in [0.29, 0.717) is 35.1 Å². The number of halogens is 5. The molecule has 2 saturated heterocycles. The van der Waals surface area contributed by atoms with E-state index in [1.54, 1.807) is 42.5 Å². The predicted molar refractivity (Wildman–Crippen MR) is 188 cm³/mol. The Morgan fingerprint density at radius 3 is 2.00 bits per heavy atom. The first-order chi connectivity index (χ1) is 25.6. The topological polar surface area (TPSA) is 119 Å². The number of fused-ring (bicyclic) bond motifs is 3. The molecule has 2 bridgehead atoms. The molecule has 3 atom stereocenters.